The van der Waals surface area contributed by atoms with Gasteiger partial charge in [0.2, 0.25) is 0 Å². The van der Waals surface area contributed by atoms with Crippen LogP contribution in [-0.2, 0) is 27.7 Å². The molecule has 27 heavy (non-hydrogen) atoms. The summed E-state index contributed by atoms with van der Waals surface area (Å²) in [6.45, 7) is 9.77. The van der Waals surface area contributed by atoms with E-state index in [2.05, 4.69) is 34.6 Å². The third-order valence-corrected chi connectivity index (χ3v) is 7.14. The quantitative estimate of drug-likeness (QED) is 0.376. The van der Waals surface area contributed by atoms with Crippen LogP contribution < -0.4 is 5.32 Å². The van der Waals surface area contributed by atoms with E-state index < -0.39 is 14.6 Å². The highest BCUT2D eigenvalue weighted by Gasteiger charge is 2.40. The maximum atomic E-state index is 12.2. The average molecular weight is 509 g/mol. The summed E-state index contributed by atoms with van der Waals surface area (Å²) >= 11 is 0. The first-order chi connectivity index (χ1) is 12.1. The van der Waals surface area contributed by atoms with Crippen LogP contribution in [0.15, 0.2) is 29.3 Å². The molecule has 0 spiro atoms. The van der Waals surface area contributed by atoms with E-state index in [0.29, 0.717) is 26.2 Å². The molecule has 1 aromatic carbocycles. The van der Waals surface area contributed by atoms with Crippen molar-refractivity contribution in [2.24, 2.45) is 4.99 Å². The number of aliphatic imine (C=N–C) groups is 1. The number of sulfone groups is 1. The second-order valence-corrected chi connectivity index (χ2v) is 10.3. The first-order valence-corrected chi connectivity index (χ1v) is 10.7. The normalized spacial score (nSPS) is 18.9. The molecular weight excluding hydrogens is 477 g/mol. The molecule has 0 atom stereocenters. The Bertz CT molecular complexity index is 731. The lowest BCUT2D eigenvalue weighted by atomic mass is 10.1. The number of benzene rings is 1. The number of rotatable bonds is 5. The summed E-state index contributed by atoms with van der Waals surface area (Å²) in [5, 5.41) is 3.34. The molecule has 0 aromatic heterocycles. The second-order valence-electron chi connectivity index (χ2n) is 7.58. The van der Waals surface area contributed by atoms with Gasteiger partial charge < -0.3 is 15.0 Å². The third kappa shape index (κ3) is 6.60. The van der Waals surface area contributed by atoms with Crippen molar-refractivity contribution in [3.8, 4) is 0 Å². The monoisotopic (exact) mass is 509 g/mol. The zero-order chi connectivity index (χ0) is 19.4. The van der Waals surface area contributed by atoms with Gasteiger partial charge in [0.25, 0.3) is 0 Å². The summed E-state index contributed by atoms with van der Waals surface area (Å²) in [6.07, 6.45) is 0.220. The van der Waals surface area contributed by atoms with Crippen LogP contribution in [0.3, 0.4) is 0 Å². The molecule has 1 fully saturated rings. The topological polar surface area (TPSA) is 71.0 Å². The van der Waals surface area contributed by atoms with Crippen LogP contribution in [0.1, 0.15) is 38.8 Å². The maximum Gasteiger partial charge on any atom is 0.193 e. The molecule has 1 saturated heterocycles. The molecule has 1 aliphatic heterocycles. The Morgan fingerprint density at radius 1 is 1.26 bits per heavy atom. The lowest BCUT2D eigenvalue weighted by molar-refractivity contribution is 0.0657. The number of nitrogens with zero attached hydrogens (tertiary/aromatic N) is 2. The number of hydrogen-bond acceptors (Lipinski definition) is 4. The van der Waals surface area contributed by atoms with Gasteiger partial charge in [-0.15, -0.1) is 24.0 Å². The van der Waals surface area contributed by atoms with Crippen molar-refractivity contribution < 1.29 is 13.2 Å². The minimum atomic E-state index is -3.06. The minimum Gasteiger partial charge on any atom is -0.374 e. The molecule has 154 valence electrons. The molecule has 0 aliphatic carbocycles. The summed E-state index contributed by atoms with van der Waals surface area (Å²) in [6, 6.07) is 8.28. The molecule has 1 N–H and O–H groups in total. The number of hydrogen-bond donors (Lipinski definition) is 1. The maximum absolute atomic E-state index is 12.2. The summed E-state index contributed by atoms with van der Waals surface area (Å²) in [7, 11) is -1.33. The molecule has 2 rings (SSSR count). The number of halogens is 1. The molecule has 1 heterocycles. The van der Waals surface area contributed by atoms with Gasteiger partial charge >= 0.3 is 0 Å². The predicted molar refractivity (Wildman–Crippen MR) is 121 cm³/mol. The zero-order valence-corrected chi connectivity index (χ0v) is 20.0. The smallest absolute Gasteiger partial charge is 0.193 e. The van der Waals surface area contributed by atoms with Crippen molar-refractivity contribution in [2.75, 3.05) is 25.9 Å². The summed E-state index contributed by atoms with van der Waals surface area (Å²) in [4.78, 5) is 6.34. The van der Waals surface area contributed by atoms with E-state index in [9.17, 15) is 8.42 Å². The largest absolute Gasteiger partial charge is 0.374 e. The summed E-state index contributed by atoms with van der Waals surface area (Å²) in [5.41, 5.74) is 2.29. The Kier molecular flexibility index (Phi) is 9.01. The van der Waals surface area contributed by atoms with Crippen LogP contribution in [0.25, 0.3) is 0 Å². The van der Waals surface area contributed by atoms with Crippen LogP contribution in [0.5, 0.6) is 0 Å². The Labute approximate surface area is 180 Å². The number of ether oxygens (including phenoxy) is 1. The van der Waals surface area contributed by atoms with Crippen molar-refractivity contribution in [2.45, 2.75) is 51.7 Å². The van der Waals surface area contributed by atoms with Gasteiger partial charge in [-0.25, -0.2) is 8.42 Å². The number of guanidine groups is 1. The van der Waals surface area contributed by atoms with E-state index in [1.165, 1.54) is 0 Å². The Morgan fingerprint density at radius 2 is 1.85 bits per heavy atom. The van der Waals surface area contributed by atoms with E-state index in [1.54, 1.807) is 20.9 Å². The van der Waals surface area contributed by atoms with Crippen molar-refractivity contribution >= 4 is 39.8 Å². The molecule has 0 bridgehead atoms. The fourth-order valence-electron chi connectivity index (χ4n) is 2.85. The summed E-state index contributed by atoms with van der Waals surface area (Å²) in [5.74, 6) is 0.894. The van der Waals surface area contributed by atoms with Crippen LogP contribution in [0, 0.1) is 0 Å². The Balaban J connectivity index is 0.00000364. The Morgan fingerprint density at radius 3 is 2.37 bits per heavy atom. The van der Waals surface area contributed by atoms with Crippen LogP contribution in [-0.4, -0.2) is 56.0 Å². The molecule has 1 aromatic rings. The number of nitrogens with one attached hydrogen (secondary N) is 1. The van der Waals surface area contributed by atoms with Gasteiger partial charge in [0.05, 0.1) is 23.2 Å². The van der Waals surface area contributed by atoms with Crippen molar-refractivity contribution in [3.05, 3.63) is 35.4 Å². The average Bonchev–Trinajstić information content (AvgIpc) is 2.57. The molecule has 0 radical (unpaired) electrons. The molecule has 0 amide bonds. The third-order valence-electron chi connectivity index (χ3n) is 4.61. The van der Waals surface area contributed by atoms with Gasteiger partial charge in [-0.05, 0) is 38.8 Å². The van der Waals surface area contributed by atoms with Gasteiger partial charge in [0.15, 0.2) is 15.8 Å². The van der Waals surface area contributed by atoms with Gasteiger partial charge in [0, 0.05) is 26.7 Å². The lowest BCUT2D eigenvalue weighted by Crippen LogP contribution is -2.57. The molecule has 6 nitrogen and oxygen atoms in total. The minimum absolute atomic E-state index is 0. The van der Waals surface area contributed by atoms with Crippen LogP contribution in [0.4, 0.5) is 0 Å². The molecule has 8 heteroatoms. The van der Waals surface area contributed by atoms with Gasteiger partial charge in [-0.3, -0.25) is 4.99 Å². The first kappa shape index (κ1) is 24.2. The van der Waals surface area contributed by atoms with E-state index in [1.807, 2.05) is 18.7 Å². The van der Waals surface area contributed by atoms with Gasteiger partial charge in [-0.2, -0.15) is 0 Å². The fourth-order valence-corrected chi connectivity index (χ4v) is 4.22. The highest BCUT2D eigenvalue weighted by atomic mass is 127. The Hall–Kier alpha value is -0.870. The molecule has 0 unspecified atom stereocenters. The second kappa shape index (κ2) is 10.1. The van der Waals surface area contributed by atoms with Crippen LogP contribution in [0.2, 0.25) is 0 Å². The summed E-state index contributed by atoms with van der Waals surface area (Å²) < 4.78 is 29.2. The molecular formula is C19H32IN3O3S. The predicted octanol–water partition coefficient (Wildman–Crippen LogP) is 2.81. The van der Waals surface area contributed by atoms with E-state index in [0.717, 1.165) is 17.1 Å². The highest BCUT2D eigenvalue weighted by molar-refractivity contribution is 14.0. The highest BCUT2D eigenvalue weighted by Crippen LogP contribution is 2.23. The first-order valence-electron chi connectivity index (χ1n) is 9.02. The fraction of sp³-hybridized carbons (Fsp3) is 0.632. The zero-order valence-electron chi connectivity index (χ0n) is 16.9. The van der Waals surface area contributed by atoms with Gasteiger partial charge in [0.1, 0.15) is 0 Å². The van der Waals surface area contributed by atoms with Gasteiger partial charge in [-0.1, -0.05) is 24.3 Å². The van der Waals surface area contributed by atoms with E-state index in [-0.39, 0.29) is 35.8 Å². The van der Waals surface area contributed by atoms with Crippen molar-refractivity contribution in [3.63, 3.8) is 0 Å². The van der Waals surface area contributed by atoms with E-state index in [4.69, 9.17) is 4.74 Å². The standard InChI is InChI=1S/C19H31N3O3S.HI/c1-15(2)25-13-17-8-6-16(7-9-17)12-21-18(20-5)22-10-11-26(23,24)19(3,4)14-22;/h6-9,15H,10-14H2,1-5H3,(H,20,21);1H. The SMILES string of the molecule is CN=C(NCc1ccc(COC(C)C)cc1)N1CCS(=O)(=O)C(C)(C)C1.I. The lowest BCUT2D eigenvalue weighted by Gasteiger charge is -2.39. The molecule has 0 saturated carbocycles. The van der Waals surface area contributed by atoms with E-state index >= 15 is 0 Å². The van der Waals surface area contributed by atoms with Crippen molar-refractivity contribution in [1.82, 2.24) is 10.2 Å². The van der Waals surface area contributed by atoms with Crippen molar-refractivity contribution in [1.29, 1.82) is 0 Å². The van der Waals surface area contributed by atoms with Crippen LogP contribution >= 0.6 is 24.0 Å². The molecule has 1 aliphatic rings.